The molecule has 3 rings (SSSR count). The fraction of sp³-hybridized carbons (Fsp3) is 0.391. The van der Waals surface area contributed by atoms with Crippen molar-refractivity contribution in [1.82, 2.24) is 4.90 Å². The number of carbonyl (C=O) groups is 1. The minimum Gasteiger partial charge on any atom is -0.478 e. The highest BCUT2D eigenvalue weighted by Gasteiger charge is 2.35. The van der Waals surface area contributed by atoms with E-state index in [1.807, 2.05) is 62.1 Å². The Morgan fingerprint density at radius 2 is 1.67 bits per heavy atom. The van der Waals surface area contributed by atoms with Gasteiger partial charge >= 0.3 is 0 Å². The van der Waals surface area contributed by atoms with Gasteiger partial charge in [0.25, 0.3) is 0 Å². The van der Waals surface area contributed by atoms with E-state index in [-0.39, 0.29) is 17.5 Å². The lowest BCUT2D eigenvalue weighted by molar-refractivity contribution is -0.136. The van der Waals surface area contributed by atoms with Crippen molar-refractivity contribution in [3.05, 3.63) is 71.8 Å². The lowest BCUT2D eigenvalue weighted by Gasteiger charge is -2.32. The third-order valence-corrected chi connectivity index (χ3v) is 4.96. The maximum absolute atomic E-state index is 13.4. The Bertz CT molecular complexity index is 800. The van der Waals surface area contributed by atoms with Crippen LogP contribution in [0.15, 0.2) is 65.7 Å². The summed E-state index contributed by atoms with van der Waals surface area (Å²) in [5, 5.41) is 0. The van der Waals surface area contributed by atoms with Gasteiger partial charge in [-0.2, -0.15) is 0 Å². The van der Waals surface area contributed by atoms with Crippen LogP contribution in [0.5, 0.6) is 0 Å². The van der Waals surface area contributed by atoms with Gasteiger partial charge in [0.05, 0.1) is 11.6 Å². The first-order valence-corrected chi connectivity index (χ1v) is 9.49. The molecule has 142 valence electrons. The van der Waals surface area contributed by atoms with E-state index in [2.05, 4.69) is 36.2 Å². The Balaban J connectivity index is 1.88. The molecule has 0 aliphatic carbocycles. The second kappa shape index (κ2) is 7.95. The molecule has 0 aromatic heterocycles. The second-order valence-electron chi connectivity index (χ2n) is 7.81. The summed E-state index contributed by atoms with van der Waals surface area (Å²) in [5.74, 6) is 0.177. The first-order chi connectivity index (χ1) is 12.9. The van der Waals surface area contributed by atoms with Crippen LogP contribution >= 0.6 is 0 Å². The fourth-order valence-corrected chi connectivity index (χ4v) is 3.29. The molecule has 0 saturated carbocycles. The number of ether oxygens (including phenoxy) is 1. The van der Waals surface area contributed by atoms with E-state index in [1.165, 1.54) is 0 Å². The summed E-state index contributed by atoms with van der Waals surface area (Å²) in [6, 6.07) is 20.2. The minimum absolute atomic E-state index is 0.0339. The van der Waals surface area contributed by atoms with Gasteiger partial charge in [-0.3, -0.25) is 4.79 Å². The Kier molecular flexibility index (Phi) is 5.64. The normalized spacial score (nSPS) is 17.6. The van der Waals surface area contributed by atoms with Gasteiger partial charge in [0.1, 0.15) is 12.5 Å². The zero-order valence-corrected chi connectivity index (χ0v) is 16.6. The van der Waals surface area contributed by atoms with Gasteiger partial charge in [-0.25, -0.2) is 4.99 Å². The number of hydrogen-bond acceptors (Lipinski definition) is 3. The molecule has 1 heterocycles. The number of carbonyl (C=O) groups excluding carboxylic acids is 1. The summed E-state index contributed by atoms with van der Waals surface area (Å²) in [6.45, 7) is 9.07. The molecule has 0 fully saturated rings. The fourth-order valence-electron chi connectivity index (χ4n) is 3.29. The first kappa shape index (κ1) is 19.2. The van der Waals surface area contributed by atoms with Crippen molar-refractivity contribution in [2.45, 2.75) is 45.8 Å². The van der Waals surface area contributed by atoms with Crippen molar-refractivity contribution in [1.29, 1.82) is 0 Å². The smallest absolute Gasteiger partial charge is 0.235 e. The largest absolute Gasteiger partial charge is 0.478 e. The predicted molar refractivity (Wildman–Crippen MR) is 108 cm³/mol. The van der Waals surface area contributed by atoms with Crippen LogP contribution in [-0.4, -0.2) is 28.9 Å². The highest BCUT2D eigenvalue weighted by molar-refractivity contribution is 6.00. The Morgan fingerprint density at radius 3 is 2.22 bits per heavy atom. The molecule has 1 amide bonds. The van der Waals surface area contributed by atoms with Gasteiger partial charge in [0, 0.05) is 6.54 Å². The van der Waals surface area contributed by atoms with Crippen molar-refractivity contribution in [3.8, 4) is 0 Å². The van der Waals surface area contributed by atoms with Crippen LogP contribution in [0, 0.1) is 5.92 Å². The zero-order valence-electron chi connectivity index (χ0n) is 16.6. The minimum atomic E-state index is -0.401. The number of aliphatic imine (C=N–C) groups is 1. The van der Waals surface area contributed by atoms with Gasteiger partial charge in [-0.05, 0) is 38.8 Å². The van der Waals surface area contributed by atoms with Gasteiger partial charge in [-0.1, -0.05) is 60.7 Å². The number of nitrogens with zero attached hydrogens (tertiary/aromatic N) is 2. The van der Waals surface area contributed by atoms with E-state index in [0.717, 1.165) is 11.1 Å². The Morgan fingerprint density at radius 1 is 1.07 bits per heavy atom. The molecule has 1 aliphatic rings. The third kappa shape index (κ3) is 4.57. The lowest BCUT2D eigenvalue weighted by atomic mass is 10.0. The zero-order chi connectivity index (χ0) is 19.4. The topological polar surface area (TPSA) is 41.9 Å². The summed E-state index contributed by atoms with van der Waals surface area (Å²) in [4.78, 5) is 20.0. The number of benzene rings is 2. The maximum atomic E-state index is 13.4. The van der Waals surface area contributed by atoms with Gasteiger partial charge < -0.3 is 9.64 Å². The van der Waals surface area contributed by atoms with Crippen molar-refractivity contribution in [3.63, 3.8) is 0 Å². The van der Waals surface area contributed by atoms with E-state index < -0.39 is 5.92 Å². The van der Waals surface area contributed by atoms with Crippen molar-refractivity contribution in [2.24, 2.45) is 10.9 Å². The van der Waals surface area contributed by atoms with Crippen molar-refractivity contribution in [2.75, 3.05) is 6.61 Å². The van der Waals surface area contributed by atoms with E-state index in [4.69, 9.17) is 4.74 Å². The Labute approximate surface area is 161 Å². The summed E-state index contributed by atoms with van der Waals surface area (Å²) < 4.78 is 5.74. The van der Waals surface area contributed by atoms with Crippen LogP contribution in [0.1, 0.15) is 44.9 Å². The molecule has 0 saturated heterocycles. The number of hydrogen-bond donors (Lipinski definition) is 0. The third-order valence-electron chi connectivity index (χ3n) is 4.96. The number of rotatable bonds is 6. The highest BCUT2D eigenvalue weighted by Crippen LogP contribution is 2.27. The van der Waals surface area contributed by atoms with Crippen molar-refractivity contribution >= 4 is 11.8 Å². The molecule has 0 spiro atoms. The highest BCUT2D eigenvalue weighted by atomic mass is 16.5. The van der Waals surface area contributed by atoms with E-state index in [0.29, 0.717) is 19.0 Å². The molecule has 4 heteroatoms. The van der Waals surface area contributed by atoms with Crippen LogP contribution in [0.25, 0.3) is 0 Å². The monoisotopic (exact) mass is 364 g/mol. The molecule has 0 radical (unpaired) electrons. The van der Waals surface area contributed by atoms with Crippen LogP contribution < -0.4 is 0 Å². The molecule has 2 atom stereocenters. The average Bonchev–Trinajstić information content (AvgIpc) is 3.05. The molecule has 1 aliphatic heterocycles. The van der Waals surface area contributed by atoms with Crippen molar-refractivity contribution < 1.29 is 9.53 Å². The molecule has 27 heavy (non-hydrogen) atoms. The van der Waals surface area contributed by atoms with E-state index >= 15 is 0 Å². The lowest BCUT2D eigenvalue weighted by Crippen LogP contribution is -2.39. The maximum Gasteiger partial charge on any atom is 0.235 e. The Hall–Kier alpha value is -2.62. The molecule has 2 aromatic rings. The van der Waals surface area contributed by atoms with E-state index in [1.54, 1.807) is 0 Å². The molecule has 0 N–H and O–H groups in total. The van der Waals surface area contributed by atoms with Crippen LogP contribution in [0.4, 0.5) is 0 Å². The average molecular weight is 364 g/mol. The molecular formula is C23H28N2O2. The standard InChI is InChI=1S/C23H28N2O2/c1-17(21-24-23(3,4)16-27-21)22(26)25(15-19-11-7-5-8-12-19)18(2)20-13-9-6-10-14-20/h5-14,17-18H,15-16H2,1-4H3/t17?,18-/m0/s1. The SMILES string of the molecule is CC(C(=O)N(Cc1ccccc1)[C@@H](C)c1ccccc1)C1=NC(C)(C)CO1. The second-order valence-corrected chi connectivity index (χ2v) is 7.81. The molecule has 0 bridgehead atoms. The molecule has 1 unspecified atom stereocenters. The van der Waals surface area contributed by atoms with Crippen LogP contribution in [0.3, 0.4) is 0 Å². The van der Waals surface area contributed by atoms with Gasteiger partial charge in [-0.15, -0.1) is 0 Å². The summed E-state index contributed by atoms with van der Waals surface area (Å²) >= 11 is 0. The first-order valence-electron chi connectivity index (χ1n) is 9.49. The summed E-state index contributed by atoms with van der Waals surface area (Å²) in [6.07, 6.45) is 0. The van der Waals surface area contributed by atoms with Gasteiger partial charge in [0.15, 0.2) is 5.90 Å². The predicted octanol–water partition coefficient (Wildman–Crippen LogP) is 4.62. The summed E-state index contributed by atoms with van der Waals surface area (Å²) in [7, 11) is 0. The van der Waals surface area contributed by atoms with Gasteiger partial charge in [0.2, 0.25) is 5.91 Å². The molecular weight excluding hydrogens is 336 g/mol. The van der Waals surface area contributed by atoms with Crippen LogP contribution in [-0.2, 0) is 16.1 Å². The van der Waals surface area contributed by atoms with Crippen LogP contribution in [0.2, 0.25) is 0 Å². The molecule has 4 nitrogen and oxygen atoms in total. The summed E-state index contributed by atoms with van der Waals surface area (Å²) in [5.41, 5.74) is 1.96. The number of amides is 1. The van der Waals surface area contributed by atoms with E-state index in [9.17, 15) is 4.79 Å². The molecule has 2 aromatic carbocycles. The quantitative estimate of drug-likeness (QED) is 0.750.